The van der Waals surface area contributed by atoms with E-state index in [4.69, 9.17) is 5.11 Å². The van der Waals surface area contributed by atoms with Crippen LogP contribution in [0.2, 0.25) is 0 Å². The summed E-state index contributed by atoms with van der Waals surface area (Å²) in [7, 11) is 0. The molecule has 0 radical (unpaired) electrons. The predicted octanol–water partition coefficient (Wildman–Crippen LogP) is 4.79. The van der Waals surface area contributed by atoms with Gasteiger partial charge in [0, 0.05) is 23.3 Å². The summed E-state index contributed by atoms with van der Waals surface area (Å²) in [4.78, 5) is 26.1. The van der Waals surface area contributed by atoms with Crippen molar-refractivity contribution in [2.24, 2.45) is 5.41 Å². The van der Waals surface area contributed by atoms with E-state index in [2.05, 4.69) is 0 Å². The van der Waals surface area contributed by atoms with Crippen LogP contribution in [0.15, 0.2) is 72.0 Å². The molecule has 1 aliphatic heterocycles. The Morgan fingerprint density at radius 2 is 1.90 bits per heavy atom. The van der Waals surface area contributed by atoms with Crippen LogP contribution < -0.4 is 0 Å². The van der Waals surface area contributed by atoms with Gasteiger partial charge in [-0.1, -0.05) is 36.4 Å². The van der Waals surface area contributed by atoms with E-state index in [1.807, 2.05) is 0 Å². The second-order valence-corrected chi connectivity index (χ2v) is 7.94. The molecule has 1 saturated heterocycles. The molecule has 4 nitrogen and oxygen atoms in total. The van der Waals surface area contributed by atoms with E-state index >= 15 is 0 Å². The molecule has 2 aromatic carbocycles. The van der Waals surface area contributed by atoms with Crippen molar-refractivity contribution in [2.75, 3.05) is 0 Å². The number of halogens is 2. The highest BCUT2D eigenvalue weighted by Gasteiger charge is 2.65. The van der Waals surface area contributed by atoms with Crippen LogP contribution in [0.25, 0.3) is 0 Å². The van der Waals surface area contributed by atoms with Crippen LogP contribution in [0.5, 0.6) is 0 Å². The number of benzene rings is 2. The molecule has 2 fully saturated rings. The van der Waals surface area contributed by atoms with Gasteiger partial charge in [0.1, 0.15) is 11.6 Å². The van der Waals surface area contributed by atoms with E-state index in [0.29, 0.717) is 24.1 Å². The number of hydrogen-bond donors (Lipinski definition) is 1. The van der Waals surface area contributed by atoms with Crippen molar-refractivity contribution in [1.82, 2.24) is 4.90 Å². The Morgan fingerprint density at radius 3 is 2.57 bits per heavy atom. The third-order valence-electron chi connectivity index (χ3n) is 6.01. The fourth-order valence-corrected chi connectivity index (χ4v) is 4.17. The molecule has 1 N–H and O–H groups in total. The summed E-state index contributed by atoms with van der Waals surface area (Å²) in [5.74, 6) is -1.91. The maximum Gasteiger partial charge on any atom is 0.331 e. The minimum absolute atomic E-state index is 0.0378. The van der Waals surface area contributed by atoms with Gasteiger partial charge >= 0.3 is 5.97 Å². The van der Waals surface area contributed by atoms with Crippen molar-refractivity contribution in [1.29, 1.82) is 0 Å². The summed E-state index contributed by atoms with van der Waals surface area (Å²) in [6.45, 7) is 1.56. The lowest BCUT2D eigenvalue weighted by Gasteiger charge is -2.19. The van der Waals surface area contributed by atoms with Gasteiger partial charge in [-0.15, -0.1) is 0 Å². The van der Waals surface area contributed by atoms with Crippen molar-refractivity contribution in [3.63, 3.8) is 0 Å². The quantitative estimate of drug-likeness (QED) is 0.723. The van der Waals surface area contributed by atoms with Gasteiger partial charge in [-0.25, -0.2) is 13.6 Å². The van der Waals surface area contributed by atoms with Gasteiger partial charge in [0.25, 0.3) is 0 Å². The topological polar surface area (TPSA) is 57.6 Å². The number of amides is 1. The molecule has 1 aliphatic carbocycles. The molecule has 2 atom stereocenters. The lowest BCUT2D eigenvalue weighted by Crippen LogP contribution is -2.27. The number of nitrogens with zero attached hydrogens (tertiary/aromatic N) is 1. The first kappa shape index (κ1) is 20.0. The maximum absolute atomic E-state index is 14.2. The molecule has 1 amide bonds. The number of aliphatic carboxylic acids is 1. The van der Waals surface area contributed by atoms with Crippen molar-refractivity contribution < 1.29 is 23.5 Å². The summed E-state index contributed by atoms with van der Waals surface area (Å²) < 4.78 is 27.5. The Balaban J connectivity index is 1.67. The second-order valence-electron chi connectivity index (χ2n) is 7.94. The first-order chi connectivity index (χ1) is 14.3. The minimum Gasteiger partial charge on any atom is -0.478 e. The Morgan fingerprint density at radius 1 is 1.20 bits per heavy atom. The van der Waals surface area contributed by atoms with Gasteiger partial charge in [0.15, 0.2) is 0 Å². The molecule has 2 aromatic rings. The molecule has 4 rings (SSSR count). The lowest BCUT2D eigenvalue weighted by atomic mass is 9.96. The zero-order valence-corrected chi connectivity index (χ0v) is 16.4. The van der Waals surface area contributed by atoms with Gasteiger partial charge in [-0.05, 0) is 49.1 Å². The first-order valence-electron chi connectivity index (χ1n) is 9.73. The lowest BCUT2D eigenvalue weighted by molar-refractivity contribution is -0.133. The number of hydrogen-bond acceptors (Lipinski definition) is 2. The highest BCUT2D eigenvalue weighted by Crippen LogP contribution is 2.67. The normalized spacial score (nSPS) is 24.7. The summed E-state index contributed by atoms with van der Waals surface area (Å²) in [5.41, 5.74) is 1.46. The summed E-state index contributed by atoms with van der Waals surface area (Å²) >= 11 is 0. The van der Waals surface area contributed by atoms with Crippen LogP contribution in [0.4, 0.5) is 8.78 Å². The number of carboxylic acids is 1. The van der Waals surface area contributed by atoms with E-state index in [1.165, 1.54) is 31.2 Å². The zero-order valence-electron chi connectivity index (χ0n) is 16.4. The van der Waals surface area contributed by atoms with Crippen LogP contribution in [-0.4, -0.2) is 21.9 Å². The Hall–Kier alpha value is -3.28. The molecule has 6 heteroatoms. The van der Waals surface area contributed by atoms with Crippen molar-refractivity contribution in [3.05, 3.63) is 94.7 Å². The van der Waals surface area contributed by atoms with Crippen molar-refractivity contribution in [3.8, 4) is 0 Å². The van der Waals surface area contributed by atoms with Crippen LogP contribution >= 0.6 is 0 Å². The predicted molar refractivity (Wildman–Crippen MR) is 107 cm³/mol. The van der Waals surface area contributed by atoms with Crippen LogP contribution in [0.1, 0.15) is 36.8 Å². The third kappa shape index (κ3) is 3.54. The SMILES string of the molecule is CC(=CC=C1CC2(CC2c2ccc(F)cc2)C(=O)N1Cc1ccccc1F)C(=O)O. The number of carboxylic acid groups (broad SMARTS) is 1. The van der Waals surface area contributed by atoms with Crippen LogP contribution in [0, 0.1) is 17.0 Å². The Labute approximate surface area is 173 Å². The molecule has 0 bridgehead atoms. The summed E-state index contributed by atoms with van der Waals surface area (Å²) in [5, 5.41) is 9.12. The van der Waals surface area contributed by atoms with Crippen LogP contribution in [-0.2, 0) is 16.1 Å². The standard InChI is InChI=1S/C24H21F2NO3/c1-15(22(28)29)6-11-19-12-24(13-20(24)16-7-9-18(25)10-8-16)23(30)27(19)14-17-4-2-3-5-21(17)26/h2-11,20H,12-14H2,1H3,(H,28,29). The first-order valence-corrected chi connectivity index (χ1v) is 9.73. The van der Waals surface area contributed by atoms with Crippen molar-refractivity contribution in [2.45, 2.75) is 32.2 Å². The van der Waals surface area contributed by atoms with E-state index in [-0.39, 0.29) is 29.8 Å². The van der Waals surface area contributed by atoms with Gasteiger partial charge in [-0.2, -0.15) is 0 Å². The van der Waals surface area contributed by atoms with Gasteiger partial charge < -0.3 is 10.0 Å². The molecule has 2 unspecified atom stereocenters. The fourth-order valence-electron chi connectivity index (χ4n) is 4.17. The number of allylic oxidation sites excluding steroid dienone is 3. The molecule has 154 valence electrons. The van der Waals surface area contributed by atoms with E-state index in [9.17, 15) is 18.4 Å². The number of carbonyl (C=O) groups is 2. The number of rotatable bonds is 5. The molecular weight excluding hydrogens is 388 g/mol. The number of likely N-dealkylation sites (tertiary alicyclic amines) is 1. The third-order valence-corrected chi connectivity index (χ3v) is 6.01. The molecule has 1 heterocycles. The molecule has 2 aliphatic rings. The van der Waals surface area contributed by atoms with Crippen LogP contribution in [0.3, 0.4) is 0 Å². The highest BCUT2D eigenvalue weighted by molar-refractivity contribution is 5.92. The fraction of sp³-hybridized carbons (Fsp3) is 0.250. The zero-order chi connectivity index (χ0) is 21.5. The summed E-state index contributed by atoms with van der Waals surface area (Å²) in [6, 6.07) is 12.4. The largest absolute Gasteiger partial charge is 0.478 e. The minimum atomic E-state index is -1.04. The maximum atomic E-state index is 14.2. The van der Waals surface area contributed by atoms with E-state index in [1.54, 1.807) is 41.3 Å². The monoisotopic (exact) mass is 409 g/mol. The molecule has 1 spiro atoms. The van der Waals surface area contributed by atoms with Gasteiger partial charge in [-0.3, -0.25) is 4.79 Å². The summed E-state index contributed by atoms with van der Waals surface area (Å²) in [6.07, 6.45) is 4.17. The highest BCUT2D eigenvalue weighted by atomic mass is 19.1. The van der Waals surface area contributed by atoms with Crippen molar-refractivity contribution >= 4 is 11.9 Å². The Bertz CT molecular complexity index is 1070. The average Bonchev–Trinajstić information content (AvgIpc) is 3.39. The number of carbonyl (C=O) groups excluding carboxylic acids is 1. The van der Waals surface area contributed by atoms with Gasteiger partial charge in [0.05, 0.1) is 12.0 Å². The smallest absolute Gasteiger partial charge is 0.331 e. The molecule has 1 saturated carbocycles. The Kier molecular flexibility index (Phi) is 5.02. The average molecular weight is 409 g/mol. The molecule has 0 aromatic heterocycles. The second kappa shape index (κ2) is 7.52. The molecular formula is C24H21F2NO3. The van der Waals surface area contributed by atoms with E-state index in [0.717, 1.165) is 5.56 Å². The van der Waals surface area contributed by atoms with E-state index < -0.39 is 17.2 Å². The molecule has 30 heavy (non-hydrogen) atoms. The van der Waals surface area contributed by atoms with Gasteiger partial charge in [0.2, 0.25) is 5.91 Å².